The summed E-state index contributed by atoms with van der Waals surface area (Å²) in [6.07, 6.45) is 3.44. The van der Waals surface area contributed by atoms with E-state index in [2.05, 4.69) is 19.9 Å². The van der Waals surface area contributed by atoms with Crippen molar-refractivity contribution in [3.05, 3.63) is 78.2 Å². The molecule has 9 heteroatoms. The summed E-state index contributed by atoms with van der Waals surface area (Å²) in [5.41, 5.74) is 3.23. The van der Waals surface area contributed by atoms with Gasteiger partial charge in [0.1, 0.15) is 16.7 Å². The van der Waals surface area contributed by atoms with E-state index in [9.17, 15) is 4.21 Å². The monoisotopic (exact) mass is 444 g/mol. The minimum Gasteiger partial charge on any atom is -0.495 e. The first-order chi connectivity index (χ1) is 15.7. The van der Waals surface area contributed by atoms with E-state index in [4.69, 9.17) is 9.84 Å². The third-order valence-corrected chi connectivity index (χ3v) is 6.33. The summed E-state index contributed by atoms with van der Waals surface area (Å²) in [7, 11) is 0.0477. The number of nitrogens with zero attached hydrogens (tertiary/aromatic N) is 5. The number of rotatable bonds is 6. The Balaban J connectivity index is 1.55. The smallest absolute Gasteiger partial charge is 0.186 e. The predicted molar refractivity (Wildman–Crippen MR) is 122 cm³/mol. The fourth-order valence-electron chi connectivity index (χ4n) is 3.61. The summed E-state index contributed by atoms with van der Waals surface area (Å²) in [6.45, 7) is 2.37. The van der Waals surface area contributed by atoms with Crippen molar-refractivity contribution in [1.29, 1.82) is 0 Å². The maximum absolute atomic E-state index is 13.1. The number of nitrogens with one attached hydrogen (secondary N) is 1. The van der Waals surface area contributed by atoms with Crippen molar-refractivity contribution in [2.24, 2.45) is 0 Å². The molecule has 5 aromatic rings. The van der Waals surface area contributed by atoms with Gasteiger partial charge in [-0.05, 0) is 36.8 Å². The maximum atomic E-state index is 13.1. The van der Waals surface area contributed by atoms with Crippen LogP contribution in [-0.4, -0.2) is 36.1 Å². The second-order valence-electron chi connectivity index (χ2n) is 7.21. The molecule has 2 aromatic carbocycles. The van der Waals surface area contributed by atoms with E-state index in [1.807, 2.05) is 49.4 Å². The lowest BCUT2D eigenvalue weighted by Crippen LogP contribution is -2.17. The molecule has 0 aliphatic carbocycles. The highest BCUT2D eigenvalue weighted by atomic mass is 32.2. The van der Waals surface area contributed by atoms with Crippen molar-refractivity contribution in [3.63, 3.8) is 0 Å². The lowest BCUT2D eigenvalue weighted by Gasteiger charge is -2.11. The molecule has 5 rings (SSSR count). The highest BCUT2D eigenvalue weighted by Gasteiger charge is 2.18. The standard InChI is InChI=1S/C23H20N6O2S/c1-15-18-7-3-4-8-19(18)23-27-26-22(29(23)28-15)17-9-10-20(31-2)21(12-17)32(30)25-14-16-6-5-11-24-13-16/h3-13,25H,14H2,1-2H3. The Morgan fingerprint density at radius 2 is 1.91 bits per heavy atom. The first kappa shape index (κ1) is 20.2. The molecule has 0 bridgehead atoms. The Morgan fingerprint density at radius 1 is 1.06 bits per heavy atom. The van der Waals surface area contributed by atoms with Crippen molar-refractivity contribution in [3.8, 4) is 17.1 Å². The Kier molecular flexibility index (Phi) is 5.34. The van der Waals surface area contributed by atoms with Crippen molar-refractivity contribution in [2.45, 2.75) is 18.4 Å². The van der Waals surface area contributed by atoms with Crippen LogP contribution in [0.4, 0.5) is 0 Å². The van der Waals surface area contributed by atoms with Crippen LogP contribution in [0.3, 0.4) is 0 Å². The summed E-state index contributed by atoms with van der Waals surface area (Å²) >= 11 is 0. The zero-order valence-corrected chi connectivity index (χ0v) is 18.3. The molecule has 0 fully saturated rings. The molecular formula is C23H20N6O2S. The van der Waals surface area contributed by atoms with E-state index in [1.165, 1.54) is 0 Å². The second kappa shape index (κ2) is 8.45. The van der Waals surface area contributed by atoms with E-state index in [0.717, 1.165) is 27.6 Å². The van der Waals surface area contributed by atoms with Gasteiger partial charge in [-0.2, -0.15) is 9.61 Å². The number of aryl methyl sites for hydroxylation is 1. The van der Waals surface area contributed by atoms with Crippen molar-refractivity contribution < 1.29 is 8.95 Å². The Morgan fingerprint density at radius 3 is 2.69 bits per heavy atom. The van der Waals surface area contributed by atoms with Gasteiger partial charge in [-0.15, -0.1) is 10.2 Å². The van der Waals surface area contributed by atoms with Gasteiger partial charge in [0, 0.05) is 35.3 Å². The summed E-state index contributed by atoms with van der Waals surface area (Å²) in [5, 5.41) is 15.5. The molecule has 1 atom stereocenters. The fraction of sp³-hybridized carbons (Fsp3) is 0.130. The highest BCUT2D eigenvalue weighted by molar-refractivity contribution is 7.83. The molecule has 1 N–H and O–H groups in total. The van der Waals surface area contributed by atoms with Crippen LogP contribution < -0.4 is 9.46 Å². The minimum atomic E-state index is -1.51. The Hall–Kier alpha value is -3.69. The van der Waals surface area contributed by atoms with Crippen molar-refractivity contribution in [1.82, 2.24) is 29.5 Å². The number of benzene rings is 2. The molecule has 8 nitrogen and oxygen atoms in total. The molecule has 0 aliphatic rings. The lowest BCUT2D eigenvalue weighted by molar-refractivity contribution is 0.404. The van der Waals surface area contributed by atoms with E-state index in [-0.39, 0.29) is 0 Å². The third kappa shape index (κ3) is 3.61. The van der Waals surface area contributed by atoms with Crippen LogP contribution in [0.5, 0.6) is 5.75 Å². The number of methoxy groups -OCH3 is 1. The van der Waals surface area contributed by atoms with Crippen LogP contribution >= 0.6 is 0 Å². The largest absolute Gasteiger partial charge is 0.495 e. The lowest BCUT2D eigenvalue weighted by atomic mass is 10.1. The number of hydrogen-bond donors (Lipinski definition) is 1. The van der Waals surface area contributed by atoms with Gasteiger partial charge in [0.2, 0.25) is 0 Å². The molecule has 0 saturated heterocycles. The molecule has 160 valence electrons. The van der Waals surface area contributed by atoms with Gasteiger partial charge in [-0.1, -0.05) is 30.3 Å². The second-order valence-corrected chi connectivity index (χ2v) is 8.47. The van der Waals surface area contributed by atoms with Crippen LogP contribution in [-0.2, 0) is 17.5 Å². The number of ether oxygens (including phenoxy) is 1. The van der Waals surface area contributed by atoms with Gasteiger partial charge in [-0.3, -0.25) is 4.98 Å². The molecule has 0 amide bonds. The normalized spacial score (nSPS) is 12.3. The molecule has 32 heavy (non-hydrogen) atoms. The third-order valence-electron chi connectivity index (χ3n) is 5.20. The molecule has 0 spiro atoms. The Labute approximate surface area is 186 Å². The number of pyridine rings is 1. The van der Waals surface area contributed by atoms with Gasteiger partial charge < -0.3 is 4.74 Å². The number of aromatic nitrogens is 5. The van der Waals surface area contributed by atoms with E-state index in [1.54, 1.807) is 36.2 Å². The molecule has 3 aromatic heterocycles. The number of hydrogen-bond acceptors (Lipinski definition) is 6. The molecular weight excluding hydrogens is 424 g/mol. The van der Waals surface area contributed by atoms with Crippen LogP contribution in [0.1, 0.15) is 11.3 Å². The molecule has 1 unspecified atom stereocenters. The van der Waals surface area contributed by atoms with E-state index >= 15 is 0 Å². The van der Waals surface area contributed by atoms with Gasteiger partial charge in [0.05, 0.1) is 17.7 Å². The molecule has 0 aliphatic heterocycles. The summed E-state index contributed by atoms with van der Waals surface area (Å²) in [4.78, 5) is 4.60. The SMILES string of the molecule is COc1ccc(-c2nnc3c4ccccc4c(C)nn23)cc1S(=O)NCc1cccnc1. The number of fused-ring (bicyclic) bond motifs is 3. The zero-order valence-electron chi connectivity index (χ0n) is 17.5. The van der Waals surface area contributed by atoms with Crippen molar-refractivity contribution in [2.75, 3.05) is 7.11 Å². The fourth-order valence-corrected chi connectivity index (χ4v) is 4.63. The average molecular weight is 445 g/mol. The van der Waals surface area contributed by atoms with Crippen molar-refractivity contribution >= 4 is 27.4 Å². The molecule has 0 saturated carbocycles. The van der Waals surface area contributed by atoms with E-state index in [0.29, 0.717) is 28.7 Å². The van der Waals surface area contributed by atoms with E-state index < -0.39 is 11.0 Å². The summed E-state index contributed by atoms with van der Waals surface area (Å²) in [5.74, 6) is 1.09. The van der Waals surface area contributed by atoms with Gasteiger partial charge in [0.25, 0.3) is 0 Å². The predicted octanol–water partition coefficient (Wildman–Crippen LogP) is 3.47. The summed E-state index contributed by atoms with van der Waals surface area (Å²) < 4.78 is 23.3. The first-order valence-electron chi connectivity index (χ1n) is 9.99. The summed E-state index contributed by atoms with van der Waals surface area (Å²) in [6, 6.07) is 17.2. The quantitative estimate of drug-likeness (QED) is 0.431. The highest BCUT2D eigenvalue weighted by Crippen LogP contribution is 2.29. The van der Waals surface area contributed by atoms with Gasteiger partial charge in [0.15, 0.2) is 11.5 Å². The molecule has 3 heterocycles. The van der Waals surface area contributed by atoms with Gasteiger partial charge >= 0.3 is 0 Å². The van der Waals surface area contributed by atoms with Crippen LogP contribution in [0, 0.1) is 6.92 Å². The molecule has 0 radical (unpaired) electrons. The zero-order chi connectivity index (χ0) is 22.1. The average Bonchev–Trinajstić information content (AvgIpc) is 3.27. The topological polar surface area (TPSA) is 94.3 Å². The first-order valence-corrected chi connectivity index (χ1v) is 11.1. The maximum Gasteiger partial charge on any atom is 0.186 e. The van der Waals surface area contributed by atoms with Gasteiger partial charge in [-0.25, -0.2) is 8.93 Å². The van der Waals surface area contributed by atoms with Crippen LogP contribution in [0.25, 0.3) is 27.8 Å². The van der Waals surface area contributed by atoms with Crippen LogP contribution in [0.15, 0.2) is 71.9 Å². The minimum absolute atomic E-state index is 0.411. The van der Waals surface area contributed by atoms with Crippen LogP contribution in [0.2, 0.25) is 0 Å². The Bertz CT molecular complexity index is 1450.